The number of carbonyl (C=O) groups is 1. The zero-order chi connectivity index (χ0) is 13.0. The molecule has 100 valence electrons. The first kappa shape index (κ1) is 13.1. The number of hydrogen-bond donors (Lipinski definition) is 1. The zero-order valence-electron chi connectivity index (χ0n) is 11.3. The maximum absolute atomic E-state index is 11.9. The molecule has 0 atom stereocenters. The number of aryl methyl sites for hydroxylation is 2. The first-order valence-electron chi connectivity index (χ1n) is 6.87. The van der Waals surface area contributed by atoms with E-state index in [0.717, 1.165) is 30.7 Å². The van der Waals surface area contributed by atoms with Crippen LogP contribution in [-0.2, 0) is 11.2 Å². The first-order chi connectivity index (χ1) is 8.66. The topological polar surface area (TPSA) is 55.1 Å². The Morgan fingerprint density at radius 3 is 2.67 bits per heavy atom. The van der Waals surface area contributed by atoms with E-state index in [1.165, 1.54) is 19.3 Å². The highest BCUT2D eigenvalue weighted by atomic mass is 16.4. The minimum atomic E-state index is 0.212. The first-order valence-corrected chi connectivity index (χ1v) is 6.87. The molecule has 4 nitrogen and oxygen atoms in total. The standard InChI is InChI=1S/C14H22N2O2/c1-10-13(18-11(2)16-10)8-9-15-14(17)12-6-4-3-5-7-12/h12H,3-9H2,1-2H3,(H,15,17). The highest BCUT2D eigenvalue weighted by Crippen LogP contribution is 2.23. The van der Waals surface area contributed by atoms with Crippen LogP contribution in [-0.4, -0.2) is 17.4 Å². The van der Waals surface area contributed by atoms with Gasteiger partial charge in [0.15, 0.2) is 5.89 Å². The average molecular weight is 250 g/mol. The largest absolute Gasteiger partial charge is 0.446 e. The molecule has 1 saturated carbocycles. The molecule has 1 aliphatic rings. The molecule has 4 heteroatoms. The van der Waals surface area contributed by atoms with Crippen molar-refractivity contribution in [3.05, 3.63) is 17.3 Å². The maximum Gasteiger partial charge on any atom is 0.223 e. The van der Waals surface area contributed by atoms with Crippen LogP contribution >= 0.6 is 0 Å². The fourth-order valence-electron chi connectivity index (χ4n) is 2.61. The summed E-state index contributed by atoms with van der Waals surface area (Å²) < 4.78 is 5.48. The Hall–Kier alpha value is -1.32. The molecule has 2 rings (SSSR count). The fourth-order valence-corrected chi connectivity index (χ4v) is 2.61. The van der Waals surface area contributed by atoms with Gasteiger partial charge >= 0.3 is 0 Å². The molecule has 1 aromatic heterocycles. The van der Waals surface area contributed by atoms with E-state index in [9.17, 15) is 4.79 Å². The molecule has 0 aliphatic heterocycles. The van der Waals surface area contributed by atoms with Gasteiger partial charge in [-0.3, -0.25) is 4.79 Å². The van der Waals surface area contributed by atoms with Crippen molar-refractivity contribution in [3.8, 4) is 0 Å². The second-order valence-corrected chi connectivity index (χ2v) is 5.12. The van der Waals surface area contributed by atoms with Crippen LogP contribution in [0.4, 0.5) is 0 Å². The van der Waals surface area contributed by atoms with Crippen LogP contribution in [0.1, 0.15) is 49.4 Å². The number of rotatable bonds is 4. The zero-order valence-corrected chi connectivity index (χ0v) is 11.3. The minimum absolute atomic E-state index is 0.212. The molecule has 1 amide bonds. The summed E-state index contributed by atoms with van der Waals surface area (Å²) in [5, 5.41) is 3.01. The lowest BCUT2D eigenvalue weighted by atomic mass is 9.89. The summed E-state index contributed by atoms with van der Waals surface area (Å²) in [5.74, 6) is 2.03. The number of carbonyl (C=O) groups excluding carboxylic acids is 1. The molecule has 0 bridgehead atoms. The Labute approximate surface area is 108 Å². The molecule has 1 N–H and O–H groups in total. The van der Waals surface area contributed by atoms with Crippen molar-refractivity contribution < 1.29 is 9.21 Å². The quantitative estimate of drug-likeness (QED) is 0.893. The molecule has 0 saturated heterocycles. The monoisotopic (exact) mass is 250 g/mol. The van der Waals surface area contributed by atoms with Crippen LogP contribution < -0.4 is 5.32 Å². The minimum Gasteiger partial charge on any atom is -0.446 e. The van der Waals surface area contributed by atoms with Gasteiger partial charge in [-0.2, -0.15) is 0 Å². The van der Waals surface area contributed by atoms with E-state index in [1.54, 1.807) is 0 Å². The van der Waals surface area contributed by atoms with E-state index in [4.69, 9.17) is 4.42 Å². The van der Waals surface area contributed by atoms with Crippen molar-refractivity contribution in [2.24, 2.45) is 5.92 Å². The third kappa shape index (κ3) is 3.34. The Balaban J connectivity index is 1.74. The van der Waals surface area contributed by atoms with Gasteiger partial charge in [-0.1, -0.05) is 19.3 Å². The second kappa shape index (κ2) is 6.03. The summed E-state index contributed by atoms with van der Waals surface area (Å²) in [4.78, 5) is 16.1. The lowest BCUT2D eigenvalue weighted by Gasteiger charge is -2.20. The van der Waals surface area contributed by atoms with Gasteiger partial charge in [-0.15, -0.1) is 0 Å². The lowest BCUT2D eigenvalue weighted by Crippen LogP contribution is -2.33. The lowest BCUT2D eigenvalue weighted by molar-refractivity contribution is -0.125. The van der Waals surface area contributed by atoms with Gasteiger partial charge in [0.1, 0.15) is 5.76 Å². The molecule has 1 aliphatic carbocycles. The molecular weight excluding hydrogens is 228 g/mol. The third-order valence-corrected chi connectivity index (χ3v) is 3.63. The van der Waals surface area contributed by atoms with Crippen LogP contribution in [0.2, 0.25) is 0 Å². The summed E-state index contributed by atoms with van der Waals surface area (Å²) in [6.07, 6.45) is 6.49. The predicted molar refractivity (Wildman–Crippen MR) is 69.3 cm³/mol. The Morgan fingerprint density at radius 1 is 1.33 bits per heavy atom. The van der Waals surface area contributed by atoms with Crippen molar-refractivity contribution in [1.82, 2.24) is 10.3 Å². The molecule has 1 fully saturated rings. The van der Waals surface area contributed by atoms with Crippen molar-refractivity contribution in [2.75, 3.05) is 6.54 Å². The smallest absolute Gasteiger partial charge is 0.223 e. The van der Waals surface area contributed by atoms with E-state index in [1.807, 2.05) is 13.8 Å². The van der Waals surface area contributed by atoms with E-state index < -0.39 is 0 Å². The Kier molecular flexibility index (Phi) is 4.39. The van der Waals surface area contributed by atoms with Crippen LogP contribution in [0.15, 0.2) is 4.42 Å². The molecule has 0 spiro atoms. The summed E-state index contributed by atoms with van der Waals surface area (Å²) in [5.41, 5.74) is 0.930. The Bertz CT molecular complexity index is 406. The van der Waals surface area contributed by atoms with Crippen molar-refractivity contribution in [2.45, 2.75) is 52.4 Å². The van der Waals surface area contributed by atoms with Crippen LogP contribution in [0.3, 0.4) is 0 Å². The number of amides is 1. The van der Waals surface area contributed by atoms with E-state index in [2.05, 4.69) is 10.3 Å². The number of aromatic nitrogens is 1. The highest BCUT2D eigenvalue weighted by molar-refractivity contribution is 5.78. The Morgan fingerprint density at radius 2 is 2.06 bits per heavy atom. The summed E-state index contributed by atoms with van der Waals surface area (Å²) in [6.45, 7) is 4.43. The van der Waals surface area contributed by atoms with Gasteiger partial charge in [0.25, 0.3) is 0 Å². The van der Waals surface area contributed by atoms with Gasteiger partial charge in [-0.05, 0) is 19.8 Å². The van der Waals surface area contributed by atoms with Gasteiger partial charge in [0.05, 0.1) is 5.69 Å². The molecule has 18 heavy (non-hydrogen) atoms. The maximum atomic E-state index is 11.9. The van der Waals surface area contributed by atoms with Crippen molar-refractivity contribution >= 4 is 5.91 Å². The van der Waals surface area contributed by atoms with Gasteiger partial charge in [0.2, 0.25) is 5.91 Å². The van der Waals surface area contributed by atoms with Crippen molar-refractivity contribution in [3.63, 3.8) is 0 Å². The molecule has 0 unspecified atom stereocenters. The number of hydrogen-bond acceptors (Lipinski definition) is 3. The number of oxazole rings is 1. The average Bonchev–Trinajstić information content (AvgIpc) is 2.69. The van der Waals surface area contributed by atoms with Gasteiger partial charge in [0, 0.05) is 25.8 Å². The van der Waals surface area contributed by atoms with E-state index >= 15 is 0 Å². The highest BCUT2D eigenvalue weighted by Gasteiger charge is 2.20. The van der Waals surface area contributed by atoms with Gasteiger partial charge in [-0.25, -0.2) is 4.98 Å². The number of nitrogens with one attached hydrogen (secondary N) is 1. The second-order valence-electron chi connectivity index (χ2n) is 5.12. The number of nitrogens with zero attached hydrogens (tertiary/aromatic N) is 1. The molecule has 0 aromatic carbocycles. The predicted octanol–water partition coefficient (Wildman–Crippen LogP) is 2.53. The molecule has 1 aromatic rings. The summed E-state index contributed by atoms with van der Waals surface area (Å²) in [6, 6.07) is 0. The summed E-state index contributed by atoms with van der Waals surface area (Å²) >= 11 is 0. The fraction of sp³-hybridized carbons (Fsp3) is 0.714. The van der Waals surface area contributed by atoms with Gasteiger partial charge < -0.3 is 9.73 Å². The molecular formula is C14H22N2O2. The summed E-state index contributed by atoms with van der Waals surface area (Å²) in [7, 11) is 0. The normalized spacial score (nSPS) is 16.8. The third-order valence-electron chi connectivity index (χ3n) is 3.63. The van der Waals surface area contributed by atoms with Crippen LogP contribution in [0, 0.1) is 19.8 Å². The molecule has 0 radical (unpaired) electrons. The van der Waals surface area contributed by atoms with Crippen LogP contribution in [0.25, 0.3) is 0 Å². The SMILES string of the molecule is Cc1nc(C)c(CCNC(=O)C2CCCCC2)o1. The molecule has 1 heterocycles. The van der Waals surface area contributed by atoms with E-state index in [0.29, 0.717) is 12.4 Å². The van der Waals surface area contributed by atoms with Crippen molar-refractivity contribution in [1.29, 1.82) is 0 Å². The van der Waals surface area contributed by atoms with Crippen LogP contribution in [0.5, 0.6) is 0 Å². The van der Waals surface area contributed by atoms with E-state index in [-0.39, 0.29) is 11.8 Å².